The minimum absolute atomic E-state index is 0.226. The molecule has 0 radical (unpaired) electrons. The van der Waals surface area contributed by atoms with Gasteiger partial charge in [-0.3, -0.25) is 0 Å². The monoisotopic (exact) mass is 422 g/mol. The molecule has 1 atom stereocenters. The molecule has 0 aliphatic heterocycles. The van der Waals surface area contributed by atoms with Gasteiger partial charge >= 0.3 is 0 Å². The van der Waals surface area contributed by atoms with Crippen LogP contribution in [-0.4, -0.2) is 29.1 Å². The Labute approximate surface area is 182 Å². The lowest BCUT2D eigenvalue weighted by atomic mass is 9.97. The smallest absolute Gasteiger partial charge is 0.144 e. The second kappa shape index (κ2) is 8.44. The van der Waals surface area contributed by atoms with Gasteiger partial charge in [0.15, 0.2) is 0 Å². The fraction of sp³-hybridized carbons (Fsp3) is 0.400. The zero-order chi connectivity index (χ0) is 20.5. The first-order valence-corrected chi connectivity index (χ1v) is 11.3. The van der Waals surface area contributed by atoms with E-state index in [4.69, 9.17) is 26.2 Å². The first kappa shape index (κ1) is 19.7. The molecule has 0 saturated heterocycles. The highest BCUT2D eigenvalue weighted by Crippen LogP contribution is 2.38. The number of nitrogens with zero attached hydrogens (tertiary/aromatic N) is 2. The van der Waals surface area contributed by atoms with E-state index in [9.17, 15) is 0 Å². The van der Waals surface area contributed by atoms with Crippen LogP contribution in [0.3, 0.4) is 0 Å². The van der Waals surface area contributed by atoms with E-state index in [1.165, 1.54) is 37.7 Å². The third kappa shape index (κ3) is 3.75. The van der Waals surface area contributed by atoms with Gasteiger partial charge in [0.1, 0.15) is 11.4 Å². The van der Waals surface area contributed by atoms with E-state index in [2.05, 4.69) is 18.2 Å². The summed E-state index contributed by atoms with van der Waals surface area (Å²) in [6.45, 7) is 0. The molecule has 3 aromatic rings. The van der Waals surface area contributed by atoms with Crippen LogP contribution in [0.2, 0.25) is 5.02 Å². The molecule has 0 spiro atoms. The summed E-state index contributed by atoms with van der Waals surface area (Å²) >= 11 is 6.16. The number of rotatable bonds is 5. The van der Waals surface area contributed by atoms with Crippen LogP contribution >= 0.6 is 11.6 Å². The predicted molar refractivity (Wildman–Crippen MR) is 120 cm³/mol. The van der Waals surface area contributed by atoms with Gasteiger partial charge in [-0.2, -0.15) is 5.10 Å². The van der Waals surface area contributed by atoms with Crippen molar-refractivity contribution in [2.45, 2.75) is 57.2 Å². The number of hydrogen-bond donors (Lipinski definition) is 0. The molecule has 156 valence electrons. The Bertz CT molecular complexity index is 1020. The number of ether oxygens (including phenoxy) is 2. The van der Waals surface area contributed by atoms with Gasteiger partial charge in [0.2, 0.25) is 0 Å². The number of para-hydroxylation sites is 2. The van der Waals surface area contributed by atoms with Crippen molar-refractivity contribution in [3.63, 3.8) is 0 Å². The van der Waals surface area contributed by atoms with E-state index in [1.807, 2.05) is 35.0 Å². The highest BCUT2D eigenvalue weighted by Gasteiger charge is 2.33. The van der Waals surface area contributed by atoms with Crippen LogP contribution < -0.4 is 4.74 Å². The number of methoxy groups -OCH3 is 1. The maximum Gasteiger partial charge on any atom is 0.144 e. The number of fused-ring (bicyclic) bond motifs is 1. The molecule has 0 unspecified atom stereocenters. The van der Waals surface area contributed by atoms with Gasteiger partial charge in [0, 0.05) is 29.0 Å². The average molecular weight is 423 g/mol. The first-order valence-electron chi connectivity index (χ1n) is 10.9. The van der Waals surface area contributed by atoms with E-state index in [0.29, 0.717) is 6.10 Å². The molecule has 0 amide bonds. The Balaban J connectivity index is 1.53. The quantitative estimate of drug-likeness (QED) is 0.504. The van der Waals surface area contributed by atoms with E-state index < -0.39 is 0 Å². The van der Waals surface area contributed by atoms with Crippen LogP contribution in [0, 0.1) is 0 Å². The lowest BCUT2D eigenvalue weighted by molar-refractivity contribution is -0.0246. The first-order chi connectivity index (χ1) is 14.7. The minimum atomic E-state index is 0.226. The molecule has 0 N–H and O–H groups in total. The molecule has 2 aliphatic carbocycles. The number of aromatic nitrogens is 2. The molecule has 1 heterocycles. The Hall–Kier alpha value is -2.30. The zero-order valence-corrected chi connectivity index (χ0v) is 18.1. The maximum absolute atomic E-state index is 6.50. The molecule has 30 heavy (non-hydrogen) atoms. The number of benzene rings is 2. The predicted octanol–water partition coefficient (Wildman–Crippen LogP) is 6.02. The van der Waals surface area contributed by atoms with Gasteiger partial charge in [-0.05, 0) is 37.1 Å². The Kier molecular flexibility index (Phi) is 5.53. The topological polar surface area (TPSA) is 36.3 Å². The summed E-state index contributed by atoms with van der Waals surface area (Å²) in [5, 5.41) is 5.77. The average Bonchev–Trinajstić information content (AvgIpc) is 3.32. The van der Waals surface area contributed by atoms with Crippen molar-refractivity contribution < 1.29 is 9.47 Å². The van der Waals surface area contributed by atoms with Crippen LogP contribution in [0.4, 0.5) is 0 Å². The third-order valence-corrected chi connectivity index (χ3v) is 6.54. The molecule has 1 saturated carbocycles. The summed E-state index contributed by atoms with van der Waals surface area (Å²) in [6.07, 6.45) is 8.72. The van der Waals surface area contributed by atoms with Gasteiger partial charge < -0.3 is 9.47 Å². The van der Waals surface area contributed by atoms with Gasteiger partial charge in [-0.25, -0.2) is 4.68 Å². The Morgan fingerprint density at radius 3 is 2.47 bits per heavy atom. The normalized spacial score (nSPS) is 19.1. The molecule has 1 aromatic heterocycles. The standard InChI is InChI=1S/C25H27ClN2O2/c1-29-24-10-6-5-9-23(24)28-25(17-11-13-18(26)14-12-17)21-15-20(16-22(21)27-28)30-19-7-3-2-4-8-19/h5-6,9-14,19-20H,2-4,7-8,15-16H2,1H3/t20-/m0/s1. The second-order valence-electron chi connectivity index (χ2n) is 8.29. The summed E-state index contributed by atoms with van der Waals surface area (Å²) in [4.78, 5) is 0. The maximum atomic E-state index is 6.50. The zero-order valence-electron chi connectivity index (χ0n) is 17.3. The lowest BCUT2D eigenvalue weighted by Crippen LogP contribution is -2.25. The number of hydrogen-bond acceptors (Lipinski definition) is 3. The lowest BCUT2D eigenvalue weighted by Gasteiger charge is -2.25. The minimum Gasteiger partial charge on any atom is -0.494 e. The van der Waals surface area contributed by atoms with Crippen molar-refractivity contribution in [2.24, 2.45) is 0 Å². The molecule has 4 nitrogen and oxygen atoms in total. The summed E-state index contributed by atoms with van der Waals surface area (Å²) in [7, 11) is 1.70. The molecular formula is C25H27ClN2O2. The van der Waals surface area contributed by atoms with E-state index in [-0.39, 0.29) is 6.10 Å². The van der Waals surface area contributed by atoms with Gasteiger partial charge in [-0.1, -0.05) is 55.1 Å². The van der Waals surface area contributed by atoms with Crippen molar-refractivity contribution in [2.75, 3.05) is 7.11 Å². The van der Waals surface area contributed by atoms with Crippen LogP contribution in [0.5, 0.6) is 5.75 Å². The van der Waals surface area contributed by atoms with Crippen molar-refractivity contribution in [1.29, 1.82) is 0 Å². The summed E-state index contributed by atoms with van der Waals surface area (Å²) in [5.41, 5.74) is 5.58. The fourth-order valence-corrected chi connectivity index (χ4v) is 4.97. The van der Waals surface area contributed by atoms with Crippen LogP contribution in [0.15, 0.2) is 48.5 Å². The molecule has 2 aliphatic rings. The summed E-state index contributed by atoms with van der Waals surface area (Å²) in [6, 6.07) is 16.0. The van der Waals surface area contributed by atoms with Crippen LogP contribution in [0.25, 0.3) is 16.9 Å². The molecule has 2 aromatic carbocycles. The van der Waals surface area contributed by atoms with Crippen LogP contribution in [0.1, 0.15) is 43.4 Å². The van der Waals surface area contributed by atoms with E-state index in [0.717, 1.165) is 46.3 Å². The van der Waals surface area contributed by atoms with Gasteiger partial charge in [0.25, 0.3) is 0 Å². The highest BCUT2D eigenvalue weighted by atomic mass is 35.5. The van der Waals surface area contributed by atoms with Crippen molar-refractivity contribution >= 4 is 11.6 Å². The molecule has 1 fully saturated rings. The Morgan fingerprint density at radius 2 is 1.70 bits per heavy atom. The number of halogens is 1. The molecule has 0 bridgehead atoms. The molecule has 5 heteroatoms. The Morgan fingerprint density at radius 1 is 0.933 bits per heavy atom. The third-order valence-electron chi connectivity index (χ3n) is 6.29. The van der Waals surface area contributed by atoms with Crippen LogP contribution in [-0.2, 0) is 17.6 Å². The molecular weight excluding hydrogens is 396 g/mol. The second-order valence-corrected chi connectivity index (χ2v) is 8.73. The van der Waals surface area contributed by atoms with Gasteiger partial charge in [0.05, 0.1) is 30.7 Å². The largest absolute Gasteiger partial charge is 0.494 e. The summed E-state index contributed by atoms with van der Waals surface area (Å²) in [5.74, 6) is 0.809. The van der Waals surface area contributed by atoms with Crippen molar-refractivity contribution in [3.05, 3.63) is 64.8 Å². The van der Waals surface area contributed by atoms with E-state index >= 15 is 0 Å². The van der Waals surface area contributed by atoms with Crippen molar-refractivity contribution in [1.82, 2.24) is 9.78 Å². The summed E-state index contributed by atoms with van der Waals surface area (Å²) < 4.78 is 14.2. The highest BCUT2D eigenvalue weighted by molar-refractivity contribution is 6.30. The molecule has 5 rings (SSSR count). The SMILES string of the molecule is COc1ccccc1-n1nc2c(c1-c1ccc(Cl)cc1)C[C@H](OC1CCCCC1)C2. The van der Waals surface area contributed by atoms with Gasteiger partial charge in [-0.15, -0.1) is 0 Å². The van der Waals surface area contributed by atoms with Crippen molar-refractivity contribution in [3.8, 4) is 22.7 Å². The fourth-order valence-electron chi connectivity index (χ4n) is 4.84. The van der Waals surface area contributed by atoms with E-state index in [1.54, 1.807) is 7.11 Å².